The van der Waals surface area contributed by atoms with Gasteiger partial charge in [0.25, 0.3) is 0 Å². The summed E-state index contributed by atoms with van der Waals surface area (Å²) in [6.45, 7) is 0. The Morgan fingerprint density at radius 3 is 2.82 bits per heavy atom. The predicted molar refractivity (Wildman–Crippen MR) is 97.7 cm³/mol. The summed E-state index contributed by atoms with van der Waals surface area (Å²) in [6, 6.07) is 13.3. The fraction of sp³-hybridized carbons (Fsp3) is 0.100. The average molecular weight is 301 g/mol. The molecule has 5 rings (SSSR count). The first-order valence-electron chi connectivity index (χ1n) is 7.60. The molecule has 0 spiro atoms. The molecule has 0 atom stereocenters. The molecule has 1 aliphatic rings. The van der Waals surface area contributed by atoms with Gasteiger partial charge < -0.3 is 4.57 Å². The summed E-state index contributed by atoms with van der Waals surface area (Å²) < 4.78 is 5.14. The van der Waals surface area contributed by atoms with Crippen molar-refractivity contribution in [2.24, 2.45) is 7.05 Å². The van der Waals surface area contributed by atoms with E-state index >= 15 is 0 Å². The van der Waals surface area contributed by atoms with Gasteiger partial charge >= 0.3 is 0 Å². The topological polar surface area (TPSA) is 4.93 Å². The molecule has 0 fully saturated rings. The van der Waals surface area contributed by atoms with Crippen molar-refractivity contribution in [3.63, 3.8) is 0 Å². The standard InChI is InChI=1S/C20H15NS/c1-21-17-9-4-2-3-7-13(17)15-11-12-16-14-8-5-6-10-18(14)22-20(16)19(15)21/h2-3,5-12H,4H2,1H3. The Kier molecular flexibility index (Phi) is 2.42. The van der Waals surface area contributed by atoms with Crippen molar-refractivity contribution in [1.29, 1.82) is 0 Å². The van der Waals surface area contributed by atoms with Crippen molar-refractivity contribution in [2.45, 2.75) is 6.42 Å². The summed E-state index contributed by atoms with van der Waals surface area (Å²) >= 11 is 1.91. The number of hydrogen-bond donors (Lipinski definition) is 0. The highest BCUT2D eigenvalue weighted by Gasteiger charge is 2.13. The van der Waals surface area contributed by atoms with Crippen molar-refractivity contribution in [3.05, 3.63) is 59.1 Å². The summed E-state index contributed by atoms with van der Waals surface area (Å²) in [7, 11) is 2.20. The molecule has 2 heterocycles. The summed E-state index contributed by atoms with van der Waals surface area (Å²) in [5.74, 6) is 0. The van der Waals surface area contributed by atoms with E-state index in [1.165, 1.54) is 41.6 Å². The largest absolute Gasteiger partial charge is 0.343 e. The summed E-state index contributed by atoms with van der Waals surface area (Å²) in [5.41, 5.74) is 1.37. The third kappa shape index (κ3) is 1.48. The van der Waals surface area contributed by atoms with Crippen LogP contribution in [0.25, 0.3) is 43.2 Å². The van der Waals surface area contributed by atoms with Crippen LogP contribution in [0.3, 0.4) is 0 Å². The average Bonchev–Trinajstić information content (AvgIpc) is 2.91. The smallest absolute Gasteiger partial charge is 0.0670 e. The first-order chi connectivity index (χ1) is 10.8. The molecule has 22 heavy (non-hydrogen) atoms. The van der Waals surface area contributed by atoms with E-state index in [-0.39, 0.29) is 0 Å². The lowest BCUT2D eigenvalue weighted by Gasteiger charge is -1.99. The van der Waals surface area contributed by atoms with Gasteiger partial charge in [-0.15, -0.1) is 11.3 Å². The van der Waals surface area contributed by atoms with Gasteiger partial charge in [-0.2, -0.15) is 0 Å². The van der Waals surface area contributed by atoms with Gasteiger partial charge in [-0.25, -0.2) is 0 Å². The summed E-state index contributed by atoms with van der Waals surface area (Å²) in [6.07, 6.45) is 9.97. The fourth-order valence-corrected chi connectivity index (χ4v) is 4.89. The lowest BCUT2D eigenvalue weighted by atomic mass is 10.1. The molecule has 0 saturated carbocycles. The molecule has 4 aromatic rings. The van der Waals surface area contributed by atoms with E-state index in [2.05, 4.69) is 72.3 Å². The second kappa shape index (κ2) is 4.34. The van der Waals surface area contributed by atoms with E-state index in [1.54, 1.807) is 0 Å². The second-order valence-corrected chi connectivity index (χ2v) is 6.88. The summed E-state index contributed by atoms with van der Waals surface area (Å²) in [4.78, 5) is 0. The van der Waals surface area contributed by atoms with Crippen LogP contribution < -0.4 is 10.6 Å². The minimum atomic E-state index is 1.00. The predicted octanol–water partition coefficient (Wildman–Crippen LogP) is 4.07. The second-order valence-electron chi connectivity index (χ2n) is 5.83. The minimum absolute atomic E-state index is 1.00. The van der Waals surface area contributed by atoms with Crippen molar-refractivity contribution in [2.75, 3.05) is 0 Å². The number of aryl methyl sites for hydroxylation is 1. The molecule has 0 N–H and O–H groups in total. The first-order valence-corrected chi connectivity index (χ1v) is 8.42. The maximum atomic E-state index is 2.37. The minimum Gasteiger partial charge on any atom is -0.343 e. The number of aromatic nitrogens is 1. The molecule has 0 bridgehead atoms. The first kappa shape index (κ1) is 12.2. The molecule has 106 valence electrons. The van der Waals surface area contributed by atoms with E-state index in [1.807, 2.05) is 11.3 Å². The number of allylic oxidation sites excluding steroid dienone is 2. The number of rotatable bonds is 0. The molecular weight excluding hydrogens is 286 g/mol. The maximum absolute atomic E-state index is 2.37. The highest BCUT2D eigenvalue weighted by atomic mass is 32.1. The molecule has 0 radical (unpaired) electrons. The van der Waals surface area contributed by atoms with Crippen LogP contribution in [0.4, 0.5) is 0 Å². The van der Waals surface area contributed by atoms with Crippen LogP contribution in [-0.2, 0) is 7.05 Å². The quantitative estimate of drug-likeness (QED) is 0.461. The van der Waals surface area contributed by atoms with Crippen molar-refractivity contribution < 1.29 is 0 Å². The number of nitrogens with zero attached hydrogens (tertiary/aromatic N) is 1. The third-order valence-electron chi connectivity index (χ3n) is 4.63. The molecule has 2 heteroatoms. The van der Waals surface area contributed by atoms with Gasteiger partial charge in [0.1, 0.15) is 0 Å². The zero-order valence-corrected chi connectivity index (χ0v) is 13.2. The van der Waals surface area contributed by atoms with Crippen LogP contribution in [0.15, 0.2) is 48.6 Å². The molecule has 2 aromatic carbocycles. The van der Waals surface area contributed by atoms with Crippen LogP contribution in [0.1, 0.15) is 6.42 Å². The van der Waals surface area contributed by atoms with Gasteiger partial charge in [0, 0.05) is 38.5 Å². The lowest BCUT2D eigenvalue weighted by molar-refractivity contribution is 0.926. The van der Waals surface area contributed by atoms with Crippen LogP contribution >= 0.6 is 11.3 Å². The van der Waals surface area contributed by atoms with E-state index in [9.17, 15) is 0 Å². The Hall–Kier alpha value is -2.32. The zero-order valence-electron chi connectivity index (χ0n) is 12.3. The molecule has 1 nitrogen and oxygen atoms in total. The van der Waals surface area contributed by atoms with Gasteiger partial charge in [0.05, 0.1) is 10.2 Å². The third-order valence-corrected chi connectivity index (χ3v) is 5.82. The highest BCUT2D eigenvalue weighted by molar-refractivity contribution is 7.26. The van der Waals surface area contributed by atoms with E-state index < -0.39 is 0 Å². The van der Waals surface area contributed by atoms with Gasteiger partial charge in [-0.1, -0.05) is 54.6 Å². The molecule has 1 aliphatic carbocycles. The van der Waals surface area contributed by atoms with Gasteiger partial charge in [-0.05, 0) is 12.5 Å². The number of thiophene rings is 1. The highest BCUT2D eigenvalue weighted by Crippen LogP contribution is 2.37. The maximum Gasteiger partial charge on any atom is 0.0670 e. The molecule has 0 unspecified atom stereocenters. The van der Waals surface area contributed by atoms with Crippen molar-refractivity contribution in [3.8, 4) is 0 Å². The molecular formula is C20H15NS. The Morgan fingerprint density at radius 1 is 1.00 bits per heavy atom. The number of hydrogen-bond acceptors (Lipinski definition) is 1. The lowest BCUT2D eigenvalue weighted by Crippen LogP contribution is -2.26. The monoisotopic (exact) mass is 301 g/mol. The van der Waals surface area contributed by atoms with Crippen LogP contribution in [-0.4, -0.2) is 4.57 Å². The Labute approximate surface area is 132 Å². The molecule has 0 saturated heterocycles. The Bertz CT molecular complexity index is 1200. The van der Waals surface area contributed by atoms with Crippen LogP contribution in [0.2, 0.25) is 0 Å². The van der Waals surface area contributed by atoms with E-state index in [0.29, 0.717) is 0 Å². The zero-order chi connectivity index (χ0) is 14.7. The fourth-order valence-electron chi connectivity index (χ4n) is 3.61. The van der Waals surface area contributed by atoms with Gasteiger partial charge in [0.15, 0.2) is 0 Å². The Balaban J connectivity index is 2.11. The molecule has 0 aliphatic heterocycles. The Morgan fingerprint density at radius 2 is 1.86 bits per heavy atom. The van der Waals surface area contributed by atoms with Crippen molar-refractivity contribution in [1.82, 2.24) is 4.57 Å². The van der Waals surface area contributed by atoms with E-state index in [4.69, 9.17) is 0 Å². The van der Waals surface area contributed by atoms with Gasteiger partial charge in [-0.3, -0.25) is 0 Å². The number of benzene rings is 2. The SMILES string of the molecule is Cn1c2c(c3ccc4c5ccccc5sc4c31)=CC=CCC=2. The van der Waals surface area contributed by atoms with Crippen molar-refractivity contribution >= 4 is 54.6 Å². The van der Waals surface area contributed by atoms with E-state index in [0.717, 1.165) is 6.42 Å². The summed E-state index contributed by atoms with van der Waals surface area (Å²) in [5, 5.41) is 6.79. The molecule has 0 amide bonds. The number of fused-ring (bicyclic) bond motifs is 7. The normalized spacial score (nSPS) is 14.0. The molecule has 2 aromatic heterocycles. The van der Waals surface area contributed by atoms with Gasteiger partial charge in [0.2, 0.25) is 0 Å². The van der Waals surface area contributed by atoms with Crippen LogP contribution in [0.5, 0.6) is 0 Å². The van der Waals surface area contributed by atoms with Crippen LogP contribution in [0, 0.1) is 0 Å².